The van der Waals surface area contributed by atoms with Gasteiger partial charge in [0, 0.05) is 75.0 Å². The zero-order valence-corrected chi connectivity index (χ0v) is 35.8. The summed E-state index contributed by atoms with van der Waals surface area (Å²) in [6.45, 7) is 7.18. The molecule has 8 rings (SSSR count). The third-order valence-electron chi connectivity index (χ3n) is 12.8. The van der Waals surface area contributed by atoms with E-state index >= 15 is 0 Å². The maximum atomic E-state index is 14.1. The Morgan fingerprint density at radius 3 is 1.84 bits per heavy atom. The number of benzene rings is 2. The van der Waals surface area contributed by atoms with Crippen LogP contribution >= 0.6 is 0 Å². The Bertz CT molecular complexity index is 2680. The average molecular weight is 891 g/mol. The molecule has 2 saturated heterocycles. The first-order valence-corrected chi connectivity index (χ1v) is 20.8. The number of pyridine rings is 2. The lowest BCUT2D eigenvalue weighted by Crippen LogP contribution is -2.51. The van der Waals surface area contributed by atoms with Gasteiger partial charge in [-0.25, -0.2) is 13.2 Å². The Hall–Kier alpha value is -6.47. The summed E-state index contributed by atoms with van der Waals surface area (Å²) < 4.78 is 49.4. The monoisotopic (exact) mass is 890 g/mol. The normalized spacial score (nSPS) is 23.5. The number of aryl methyl sites for hydroxylation is 1. The number of nitrogens with one attached hydrogen (secondary N) is 2. The van der Waals surface area contributed by atoms with Crippen molar-refractivity contribution in [2.45, 2.75) is 102 Å². The van der Waals surface area contributed by atoms with Crippen LogP contribution in [0.3, 0.4) is 0 Å². The van der Waals surface area contributed by atoms with Gasteiger partial charge in [0.1, 0.15) is 28.6 Å². The molecular formula is C45H49F3N6O10. The summed E-state index contributed by atoms with van der Waals surface area (Å²) in [6, 6.07) is 6.21. The summed E-state index contributed by atoms with van der Waals surface area (Å²) in [7, 11) is 1.58. The zero-order valence-electron chi connectivity index (χ0n) is 35.8. The fourth-order valence-electron chi connectivity index (χ4n) is 8.90. The highest BCUT2D eigenvalue weighted by Crippen LogP contribution is 2.40. The van der Waals surface area contributed by atoms with E-state index in [4.69, 9.17) is 4.74 Å². The molecule has 4 bridgehead atoms. The van der Waals surface area contributed by atoms with Crippen molar-refractivity contribution in [3.05, 3.63) is 126 Å². The van der Waals surface area contributed by atoms with Gasteiger partial charge in [-0.2, -0.15) is 0 Å². The van der Waals surface area contributed by atoms with Gasteiger partial charge in [-0.1, -0.05) is 18.2 Å². The minimum absolute atomic E-state index is 0.00791. The number of amides is 4. The number of carbonyl (C=O) groups is 4. The Balaban J connectivity index is 0.000000191. The van der Waals surface area contributed by atoms with Crippen LogP contribution in [-0.2, 0) is 17.8 Å². The van der Waals surface area contributed by atoms with Gasteiger partial charge in [0.15, 0.2) is 22.9 Å². The number of aromatic nitrogens is 2. The van der Waals surface area contributed by atoms with Crippen molar-refractivity contribution < 1.29 is 52.4 Å². The maximum Gasteiger partial charge on any atom is 0.274 e. The van der Waals surface area contributed by atoms with E-state index in [1.165, 1.54) is 32.4 Å². The first-order valence-electron chi connectivity index (χ1n) is 20.8. The van der Waals surface area contributed by atoms with Gasteiger partial charge in [-0.3, -0.25) is 28.8 Å². The van der Waals surface area contributed by atoms with Crippen LogP contribution in [-0.4, -0.2) is 102 Å². The van der Waals surface area contributed by atoms with E-state index < -0.39 is 80.6 Å². The predicted octanol–water partition coefficient (Wildman–Crippen LogP) is 3.82. The highest BCUT2D eigenvalue weighted by atomic mass is 19.1. The molecule has 0 radical (unpaired) electrons. The van der Waals surface area contributed by atoms with E-state index in [-0.39, 0.29) is 71.9 Å². The summed E-state index contributed by atoms with van der Waals surface area (Å²) in [5.41, 5.74) is -3.39. The molecule has 4 aromatic rings. The molecule has 4 amide bonds. The van der Waals surface area contributed by atoms with Crippen LogP contribution in [0.4, 0.5) is 13.2 Å². The molecule has 19 heteroatoms. The number of carbonyl (C=O) groups excluding carboxylic acids is 4. The standard InChI is InChI=1S/C23H26FN3O5.C22H23F2N3O5/c1-12-4-6-14(16(24)8-12)9-25-22(30)15-10-27-17-11-26(13(2)5-7-18(17)32-3)23(31)19(27)21(29)20(15)28;1-11-5-6-22(2,32)16-10-26(11)21(31)17-19(29)18(28)14(9-27(16)17)20(30)25-8-12-3-4-13(23)7-15(12)24/h4,6,8,10,13,17-18,29H,5,7,9,11H2,1-3H3,(H,25,30);3-4,7,9,11,16,29,32H,5-6,8,10H2,1-2H3,(H,25,30)/t13-,17-,18+;11-,16-,22+/m11/s1. The lowest BCUT2D eigenvalue weighted by molar-refractivity contribution is -0.00842. The lowest BCUT2D eigenvalue weighted by Gasteiger charge is -2.41. The SMILES string of the molecule is CO[C@H]1CC[C@@H](C)N2C[C@H]1n1cc(C(=O)NCc3ccc(C)cc3F)c(=O)c(O)c1C2=O.C[C@@H]1CC[C@](C)(O)[C@H]2CN1C(=O)c1c(O)c(=O)c(C(=O)NCc3ccc(F)cc3F)cn12. The molecule has 0 unspecified atom stereocenters. The molecule has 0 aliphatic carbocycles. The topological polar surface area (TPSA) is 213 Å². The van der Waals surface area contributed by atoms with E-state index in [9.17, 15) is 57.3 Å². The molecule has 0 saturated carbocycles. The molecule has 64 heavy (non-hydrogen) atoms. The second kappa shape index (κ2) is 17.6. The first-order chi connectivity index (χ1) is 30.2. The number of rotatable bonds is 7. The highest BCUT2D eigenvalue weighted by Gasteiger charge is 2.47. The van der Waals surface area contributed by atoms with Crippen LogP contribution in [0.1, 0.15) is 117 Å². The summed E-state index contributed by atoms with van der Waals surface area (Å²) in [6.07, 6.45) is 4.51. The molecular weight excluding hydrogens is 842 g/mol. The van der Waals surface area contributed by atoms with Crippen LogP contribution in [0.15, 0.2) is 58.4 Å². The summed E-state index contributed by atoms with van der Waals surface area (Å²) in [5.74, 6) is -6.39. The van der Waals surface area contributed by atoms with E-state index in [2.05, 4.69) is 10.6 Å². The molecule has 2 fully saturated rings. The van der Waals surface area contributed by atoms with E-state index in [1.807, 2.05) is 13.8 Å². The highest BCUT2D eigenvalue weighted by molar-refractivity contribution is 6.00. The molecule has 5 N–H and O–H groups in total. The van der Waals surface area contributed by atoms with Crippen molar-refractivity contribution in [3.63, 3.8) is 0 Å². The zero-order chi connectivity index (χ0) is 46.5. The molecule has 4 aliphatic heterocycles. The minimum atomic E-state index is -1.26. The number of fused-ring (bicyclic) bond motifs is 8. The van der Waals surface area contributed by atoms with Gasteiger partial charge in [-0.05, 0) is 71.1 Å². The van der Waals surface area contributed by atoms with Crippen LogP contribution in [0.25, 0.3) is 0 Å². The molecule has 4 aliphatic rings. The summed E-state index contributed by atoms with van der Waals surface area (Å²) >= 11 is 0. The van der Waals surface area contributed by atoms with Crippen molar-refractivity contribution in [2.75, 3.05) is 20.2 Å². The van der Waals surface area contributed by atoms with Crippen molar-refractivity contribution in [2.24, 2.45) is 0 Å². The first kappa shape index (κ1) is 45.6. The number of nitrogens with zero attached hydrogens (tertiary/aromatic N) is 4. The van der Waals surface area contributed by atoms with Crippen molar-refractivity contribution in [1.82, 2.24) is 29.6 Å². The fourth-order valence-corrected chi connectivity index (χ4v) is 8.90. The molecule has 6 atom stereocenters. The van der Waals surface area contributed by atoms with E-state index in [1.54, 1.807) is 38.0 Å². The second-order valence-corrected chi connectivity index (χ2v) is 17.1. The van der Waals surface area contributed by atoms with E-state index in [0.717, 1.165) is 24.2 Å². The largest absolute Gasteiger partial charge is 0.503 e. The predicted molar refractivity (Wildman–Crippen MR) is 224 cm³/mol. The third-order valence-corrected chi connectivity index (χ3v) is 12.8. The fraction of sp³-hybridized carbons (Fsp3) is 0.422. The Kier molecular flexibility index (Phi) is 12.5. The van der Waals surface area contributed by atoms with E-state index in [0.29, 0.717) is 31.9 Å². The van der Waals surface area contributed by atoms with Crippen LogP contribution in [0, 0.1) is 24.4 Å². The Labute approximate surface area is 364 Å². The van der Waals surface area contributed by atoms with Gasteiger partial charge < -0.3 is 49.6 Å². The number of hydrogen-bond acceptors (Lipinski definition) is 10. The third kappa shape index (κ3) is 8.36. The number of hydrogen-bond donors (Lipinski definition) is 5. The summed E-state index contributed by atoms with van der Waals surface area (Å²) in [5, 5.41) is 37.1. The Morgan fingerprint density at radius 1 is 0.766 bits per heavy atom. The number of aliphatic hydroxyl groups is 1. The second-order valence-electron chi connectivity index (χ2n) is 17.1. The van der Waals surface area contributed by atoms with Gasteiger partial charge >= 0.3 is 0 Å². The summed E-state index contributed by atoms with van der Waals surface area (Å²) in [4.78, 5) is 80.2. The van der Waals surface area contributed by atoms with Crippen LogP contribution in [0.5, 0.6) is 11.5 Å². The average Bonchev–Trinajstić information content (AvgIpc) is 3.46. The number of halogens is 3. The number of ether oxygens (including phenoxy) is 1. The quantitative estimate of drug-likeness (QED) is 0.181. The lowest BCUT2D eigenvalue weighted by atomic mass is 9.90. The molecule has 2 aromatic heterocycles. The van der Waals surface area contributed by atoms with Crippen molar-refractivity contribution >= 4 is 23.6 Å². The van der Waals surface area contributed by atoms with Crippen molar-refractivity contribution in [1.29, 1.82) is 0 Å². The molecule has 2 aromatic carbocycles. The van der Waals surface area contributed by atoms with Gasteiger partial charge in [0.2, 0.25) is 10.9 Å². The smallest absolute Gasteiger partial charge is 0.274 e. The Morgan fingerprint density at radius 2 is 1.28 bits per heavy atom. The number of methoxy groups -OCH3 is 1. The van der Waals surface area contributed by atoms with Gasteiger partial charge in [-0.15, -0.1) is 0 Å². The molecule has 16 nitrogen and oxygen atoms in total. The van der Waals surface area contributed by atoms with Crippen LogP contribution < -0.4 is 21.5 Å². The van der Waals surface area contributed by atoms with Crippen LogP contribution in [0.2, 0.25) is 0 Å². The minimum Gasteiger partial charge on any atom is -0.503 e. The maximum absolute atomic E-state index is 14.1. The van der Waals surface area contributed by atoms with Crippen molar-refractivity contribution in [3.8, 4) is 11.5 Å². The van der Waals surface area contributed by atoms with Gasteiger partial charge in [0.05, 0.1) is 23.8 Å². The molecule has 340 valence electrons. The molecule has 6 heterocycles. The number of aromatic hydroxyl groups is 2. The molecule has 0 spiro atoms. The van der Waals surface area contributed by atoms with Gasteiger partial charge in [0.25, 0.3) is 23.6 Å².